The molecule has 3 aromatic rings. The van der Waals surface area contributed by atoms with Gasteiger partial charge in [0, 0.05) is 35.2 Å². The lowest BCUT2D eigenvalue weighted by Gasteiger charge is -2.08. The number of fused-ring (bicyclic) bond motifs is 1. The van der Waals surface area contributed by atoms with Crippen molar-refractivity contribution < 1.29 is 9.47 Å². The van der Waals surface area contributed by atoms with Crippen molar-refractivity contribution in [1.82, 2.24) is 4.57 Å². The molecule has 1 aromatic heterocycles. The van der Waals surface area contributed by atoms with Gasteiger partial charge in [0.15, 0.2) is 0 Å². The summed E-state index contributed by atoms with van der Waals surface area (Å²) >= 11 is 3.58. The molecule has 0 N–H and O–H groups in total. The maximum absolute atomic E-state index is 9.04. The van der Waals surface area contributed by atoms with Crippen molar-refractivity contribution in [2.24, 2.45) is 0 Å². The Morgan fingerprint density at radius 1 is 1.12 bits per heavy atom. The van der Waals surface area contributed by atoms with Gasteiger partial charge in [0.25, 0.3) is 0 Å². The summed E-state index contributed by atoms with van der Waals surface area (Å²) in [6, 6.07) is 16.0. The molecule has 0 radical (unpaired) electrons. The summed E-state index contributed by atoms with van der Waals surface area (Å²) in [5.41, 5.74) is 2.95. The third-order valence-electron chi connectivity index (χ3n) is 3.79. The molecule has 0 atom stereocenters. The van der Waals surface area contributed by atoms with Gasteiger partial charge >= 0.3 is 0 Å². The molecular weight excluding hydrogens is 368 g/mol. The second-order valence-electron chi connectivity index (χ2n) is 5.43. The summed E-state index contributed by atoms with van der Waals surface area (Å²) in [4.78, 5) is 0. The molecule has 5 heteroatoms. The molecule has 24 heavy (non-hydrogen) atoms. The smallest absolute Gasteiger partial charge is 0.119 e. The lowest BCUT2D eigenvalue weighted by molar-refractivity contribution is 0.146. The molecule has 0 aliphatic heterocycles. The van der Waals surface area contributed by atoms with Crippen LogP contribution in [-0.4, -0.2) is 24.9 Å². The maximum Gasteiger partial charge on any atom is 0.119 e. The van der Waals surface area contributed by atoms with Crippen LogP contribution in [-0.2, 0) is 11.3 Å². The van der Waals surface area contributed by atoms with Crippen molar-refractivity contribution >= 4 is 26.8 Å². The molecular formula is C19H17BrN2O2. The Balaban J connectivity index is 1.79. The first kappa shape index (κ1) is 16.6. The first-order chi connectivity index (χ1) is 11.7. The van der Waals surface area contributed by atoms with Gasteiger partial charge in [0.05, 0.1) is 18.2 Å². The van der Waals surface area contributed by atoms with Crippen molar-refractivity contribution in [3.63, 3.8) is 0 Å². The zero-order valence-electron chi connectivity index (χ0n) is 13.3. The highest BCUT2D eigenvalue weighted by Gasteiger charge is 2.08. The number of methoxy groups -OCH3 is 1. The number of nitrogens with zero attached hydrogens (tertiary/aromatic N) is 2. The molecule has 1 heterocycles. The molecule has 0 unspecified atom stereocenters. The fraction of sp³-hybridized carbons (Fsp3) is 0.211. The van der Waals surface area contributed by atoms with Gasteiger partial charge < -0.3 is 14.0 Å². The predicted octanol–water partition coefficient (Wildman–Crippen LogP) is 4.35. The minimum atomic E-state index is 0.548. The molecule has 3 rings (SSSR count). The third kappa shape index (κ3) is 3.61. The van der Waals surface area contributed by atoms with E-state index in [1.54, 1.807) is 7.11 Å². The Hall–Kier alpha value is -2.29. The highest BCUT2D eigenvalue weighted by Crippen LogP contribution is 2.28. The zero-order chi connectivity index (χ0) is 16.9. The first-order valence-corrected chi connectivity index (χ1v) is 8.39. The van der Waals surface area contributed by atoms with Crippen LogP contribution in [0.2, 0.25) is 0 Å². The van der Waals surface area contributed by atoms with E-state index in [1.165, 1.54) is 5.56 Å². The Morgan fingerprint density at radius 2 is 1.92 bits per heavy atom. The van der Waals surface area contributed by atoms with Gasteiger partial charge in [-0.25, -0.2) is 0 Å². The molecule has 2 aromatic carbocycles. The average Bonchev–Trinajstić information content (AvgIpc) is 2.92. The first-order valence-electron chi connectivity index (χ1n) is 7.60. The molecule has 0 saturated carbocycles. The number of rotatable bonds is 6. The Labute approximate surface area is 149 Å². The number of ether oxygens (including phenoxy) is 2. The van der Waals surface area contributed by atoms with E-state index in [2.05, 4.69) is 44.9 Å². The second-order valence-corrected chi connectivity index (χ2v) is 6.29. The molecule has 0 aliphatic rings. The van der Waals surface area contributed by atoms with E-state index >= 15 is 0 Å². The fourth-order valence-electron chi connectivity index (χ4n) is 2.58. The normalized spacial score (nSPS) is 10.7. The molecule has 122 valence electrons. The molecule has 0 spiro atoms. The van der Waals surface area contributed by atoms with Crippen LogP contribution in [0.3, 0.4) is 0 Å². The van der Waals surface area contributed by atoms with Gasteiger partial charge in [0.2, 0.25) is 0 Å². The summed E-state index contributed by atoms with van der Waals surface area (Å²) < 4.78 is 13.7. The van der Waals surface area contributed by atoms with Crippen LogP contribution in [0.4, 0.5) is 0 Å². The van der Waals surface area contributed by atoms with Gasteiger partial charge in [-0.2, -0.15) is 5.26 Å². The highest BCUT2D eigenvalue weighted by atomic mass is 79.9. The van der Waals surface area contributed by atoms with Crippen LogP contribution >= 0.6 is 15.9 Å². The standard InChI is InChI=1S/C19H17BrN2O2/c1-23-8-9-24-16-5-2-14(3-6-16)12-22-13-18(20)17-10-15(11-21)4-7-19(17)22/h2-7,10,13H,8-9,12H2,1H3. The van der Waals surface area contributed by atoms with Gasteiger partial charge in [-0.3, -0.25) is 0 Å². The largest absolute Gasteiger partial charge is 0.491 e. The summed E-state index contributed by atoms with van der Waals surface area (Å²) in [6.07, 6.45) is 2.05. The molecule has 0 aliphatic carbocycles. The quantitative estimate of drug-likeness (QED) is 0.593. The van der Waals surface area contributed by atoms with E-state index in [1.807, 2.05) is 30.3 Å². The number of benzene rings is 2. The highest BCUT2D eigenvalue weighted by molar-refractivity contribution is 9.10. The van der Waals surface area contributed by atoms with Crippen LogP contribution < -0.4 is 4.74 Å². The van der Waals surface area contributed by atoms with Crippen molar-refractivity contribution in [3.05, 3.63) is 64.3 Å². The Kier molecular flexibility index (Phi) is 5.19. The minimum absolute atomic E-state index is 0.548. The fourth-order valence-corrected chi connectivity index (χ4v) is 3.15. The van der Waals surface area contributed by atoms with Crippen LogP contribution in [0.5, 0.6) is 5.75 Å². The van der Waals surface area contributed by atoms with Crippen molar-refractivity contribution in [2.45, 2.75) is 6.54 Å². The summed E-state index contributed by atoms with van der Waals surface area (Å²) in [5.74, 6) is 0.841. The van der Waals surface area contributed by atoms with Gasteiger partial charge in [-0.1, -0.05) is 12.1 Å². The van der Waals surface area contributed by atoms with Crippen molar-refractivity contribution in [2.75, 3.05) is 20.3 Å². The number of halogens is 1. The Bertz CT molecular complexity index is 879. The number of hydrogen-bond donors (Lipinski definition) is 0. The molecule has 0 amide bonds. The monoisotopic (exact) mass is 384 g/mol. The Morgan fingerprint density at radius 3 is 2.62 bits per heavy atom. The van der Waals surface area contributed by atoms with Gasteiger partial charge in [-0.15, -0.1) is 0 Å². The number of nitriles is 1. The SMILES string of the molecule is COCCOc1ccc(Cn2cc(Br)c3cc(C#N)ccc32)cc1. The van der Waals surface area contributed by atoms with Gasteiger partial charge in [0.1, 0.15) is 12.4 Å². The van der Waals surface area contributed by atoms with E-state index in [9.17, 15) is 0 Å². The van der Waals surface area contributed by atoms with Crippen LogP contribution in [0.25, 0.3) is 10.9 Å². The molecule has 0 saturated heterocycles. The van der Waals surface area contributed by atoms with Crippen LogP contribution in [0.1, 0.15) is 11.1 Å². The molecule has 4 nitrogen and oxygen atoms in total. The van der Waals surface area contributed by atoms with E-state index in [-0.39, 0.29) is 0 Å². The topological polar surface area (TPSA) is 47.2 Å². The predicted molar refractivity (Wildman–Crippen MR) is 97.3 cm³/mol. The van der Waals surface area contributed by atoms with Gasteiger partial charge in [-0.05, 0) is 51.8 Å². The van der Waals surface area contributed by atoms with Crippen molar-refractivity contribution in [1.29, 1.82) is 5.26 Å². The zero-order valence-corrected chi connectivity index (χ0v) is 14.9. The summed E-state index contributed by atoms with van der Waals surface area (Å²) in [7, 11) is 1.66. The van der Waals surface area contributed by atoms with Crippen LogP contribution in [0.15, 0.2) is 53.1 Å². The average molecular weight is 385 g/mol. The van der Waals surface area contributed by atoms with E-state index < -0.39 is 0 Å². The lowest BCUT2D eigenvalue weighted by Crippen LogP contribution is -2.04. The van der Waals surface area contributed by atoms with Crippen molar-refractivity contribution in [3.8, 4) is 11.8 Å². The summed E-state index contributed by atoms with van der Waals surface area (Å²) in [6.45, 7) is 1.88. The second kappa shape index (κ2) is 7.52. The summed E-state index contributed by atoms with van der Waals surface area (Å²) in [5, 5.41) is 10.1. The van der Waals surface area contributed by atoms with E-state index in [0.717, 1.165) is 27.7 Å². The number of aromatic nitrogens is 1. The minimum Gasteiger partial charge on any atom is -0.491 e. The van der Waals surface area contributed by atoms with Crippen LogP contribution in [0, 0.1) is 11.3 Å². The number of hydrogen-bond acceptors (Lipinski definition) is 3. The molecule has 0 fully saturated rings. The maximum atomic E-state index is 9.04. The lowest BCUT2D eigenvalue weighted by atomic mass is 10.1. The van der Waals surface area contributed by atoms with E-state index in [0.29, 0.717) is 18.8 Å². The van der Waals surface area contributed by atoms with E-state index in [4.69, 9.17) is 14.7 Å². The third-order valence-corrected chi connectivity index (χ3v) is 4.43. The molecule has 0 bridgehead atoms.